The Balaban J connectivity index is 2.40. The van der Waals surface area contributed by atoms with Crippen molar-refractivity contribution in [2.24, 2.45) is 0 Å². The maximum absolute atomic E-state index is 9.94. The van der Waals surface area contributed by atoms with Crippen molar-refractivity contribution in [3.05, 3.63) is 0 Å². The summed E-state index contributed by atoms with van der Waals surface area (Å²) in [5.74, 6) is -0.532. The highest BCUT2D eigenvalue weighted by Gasteiger charge is 2.09. The Morgan fingerprint density at radius 2 is 3.00 bits per heavy atom. The van der Waals surface area contributed by atoms with Gasteiger partial charge in [0, 0.05) is 0 Å². The van der Waals surface area contributed by atoms with E-state index in [1.807, 2.05) is 0 Å². The van der Waals surface area contributed by atoms with E-state index < -0.39 is 5.97 Å². The van der Waals surface area contributed by atoms with Crippen LogP contribution in [0.2, 0.25) is 1.41 Å². The molecule has 0 aromatic carbocycles. The van der Waals surface area contributed by atoms with Crippen LogP contribution in [0.1, 0.15) is 0 Å². The van der Waals surface area contributed by atoms with E-state index in [9.17, 15) is 4.79 Å². The third-order valence-corrected chi connectivity index (χ3v) is 0.377. The molecule has 0 aromatic rings. The number of hydrogen-bond donors (Lipinski definition) is 1. The Morgan fingerprint density at radius 3 is 3.17 bits per heavy atom. The van der Waals surface area contributed by atoms with E-state index in [1.165, 1.54) is 0 Å². The molecule has 6 heavy (non-hydrogen) atoms. The van der Waals surface area contributed by atoms with Crippen LogP contribution in [0.25, 0.3) is 0 Å². The fourth-order valence-corrected chi connectivity index (χ4v) is 0.173. The van der Waals surface area contributed by atoms with Crippen molar-refractivity contribution in [3.8, 4) is 0 Å². The van der Waals surface area contributed by atoms with E-state index in [1.54, 1.807) is 0 Å². The molecule has 0 atom stereocenters. The van der Waals surface area contributed by atoms with Crippen LogP contribution < -0.4 is 5.47 Å². The molecule has 0 spiro atoms. The first-order valence-electron chi connectivity index (χ1n) is 1.87. The summed E-state index contributed by atoms with van der Waals surface area (Å²) in [6.07, 6.45) is 0. The van der Waals surface area contributed by atoms with Gasteiger partial charge in [-0.15, -0.1) is 5.47 Å². The minimum absolute atomic E-state index is 0.111. The molecule has 0 radical (unpaired) electrons. The van der Waals surface area contributed by atoms with Crippen LogP contribution in [-0.2, 0) is 14.7 Å². The predicted octanol–water partition coefficient (Wildman–Crippen LogP) is -1.02. The van der Waals surface area contributed by atoms with E-state index in [2.05, 4.69) is 9.88 Å². The molecule has 0 aliphatic carbocycles. The van der Waals surface area contributed by atoms with Crippen LogP contribution in [-0.4, -0.2) is 12.5 Å². The molecule has 1 aliphatic rings. The first-order valence-corrected chi connectivity index (χ1v) is 1.43. The van der Waals surface area contributed by atoms with Crippen LogP contribution in [0.15, 0.2) is 0 Å². The number of carbonyl (C=O) groups is 1. The molecular formula is C2H3NO3. The number of hydrogen-bond acceptors (Lipinski definition) is 4. The Morgan fingerprint density at radius 1 is 2.17 bits per heavy atom. The Labute approximate surface area is 35.4 Å². The van der Waals surface area contributed by atoms with Gasteiger partial charge < -0.3 is 0 Å². The van der Waals surface area contributed by atoms with E-state index in [0.29, 0.717) is 5.47 Å². The molecule has 0 aromatic heterocycles. The summed E-state index contributed by atoms with van der Waals surface area (Å²) in [5, 5.41) is 0. The van der Waals surface area contributed by atoms with Crippen LogP contribution in [0, 0.1) is 0 Å². The van der Waals surface area contributed by atoms with Gasteiger partial charge in [0.25, 0.3) is 0 Å². The summed E-state index contributed by atoms with van der Waals surface area (Å²) in [5.41, 5.74) is 0.558. The summed E-state index contributed by atoms with van der Waals surface area (Å²) in [4.78, 5) is 17.7. The van der Waals surface area contributed by atoms with Gasteiger partial charge in [-0.05, 0) is 0 Å². The highest BCUT2D eigenvalue weighted by molar-refractivity contribution is 5.71. The van der Waals surface area contributed by atoms with E-state index >= 15 is 0 Å². The number of rotatable bonds is 0. The molecule has 4 heteroatoms. The van der Waals surface area contributed by atoms with Gasteiger partial charge in [0.1, 0.15) is 6.54 Å². The fourth-order valence-electron chi connectivity index (χ4n) is 0.173. The summed E-state index contributed by atoms with van der Waals surface area (Å²) in [6, 6.07) is 0. The fraction of sp³-hybridized carbons (Fsp3) is 0.500. The molecule has 0 unspecified atom stereocenters. The minimum atomic E-state index is -0.532. The van der Waals surface area contributed by atoms with Gasteiger partial charge in [0.15, 0.2) is 1.41 Å². The van der Waals surface area contributed by atoms with Crippen molar-refractivity contribution in [3.63, 3.8) is 0 Å². The third kappa shape index (κ3) is 0.474. The number of carbonyl (C=O) groups excluding carboxylic acids is 1. The van der Waals surface area contributed by atoms with Crippen molar-refractivity contribution in [1.29, 1.82) is 0 Å². The molecule has 1 N–H and O–H groups in total. The zero-order chi connectivity index (χ0) is 5.28. The largest absolute Gasteiger partial charge is 0.360 e. The summed E-state index contributed by atoms with van der Waals surface area (Å²) in [6.45, 7) is -0.111. The van der Waals surface area contributed by atoms with Crippen molar-refractivity contribution in [2.45, 2.75) is 0 Å². The number of nitrogens with one attached hydrogen (secondary N) is 1. The van der Waals surface area contributed by atoms with E-state index in [4.69, 9.17) is 1.41 Å². The Hall–Kier alpha value is -0.610. The second-order valence-electron chi connectivity index (χ2n) is 0.817. The summed E-state index contributed by atoms with van der Waals surface area (Å²) in [7, 11) is 0. The van der Waals surface area contributed by atoms with Crippen molar-refractivity contribution in [1.82, 2.24) is 5.47 Å². The molecule has 0 saturated carbocycles. The minimum Gasteiger partial charge on any atom is -0.278 e. The first-order chi connectivity index (χ1) is 3.29. The quantitative estimate of drug-likeness (QED) is 0.387. The van der Waals surface area contributed by atoms with Gasteiger partial charge in [-0.3, -0.25) is 4.89 Å². The monoisotopic (exact) mass is 90.0 g/mol. The molecule has 1 saturated heterocycles. The molecule has 1 rings (SSSR count). The van der Waals surface area contributed by atoms with E-state index in [-0.39, 0.29) is 6.54 Å². The van der Waals surface area contributed by atoms with Gasteiger partial charge in [-0.2, -0.15) is 0 Å². The van der Waals surface area contributed by atoms with Gasteiger partial charge >= 0.3 is 5.97 Å². The maximum Gasteiger partial charge on any atom is 0.360 e. The molecule has 1 aliphatic heterocycles. The van der Waals surface area contributed by atoms with Gasteiger partial charge in [0.05, 0.1) is 0 Å². The zero-order valence-corrected chi connectivity index (χ0v) is 2.88. The number of hydroxylamine groups is 1. The van der Waals surface area contributed by atoms with Gasteiger partial charge in [-0.1, -0.05) is 4.99 Å². The second-order valence-corrected chi connectivity index (χ2v) is 0.817. The van der Waals surface area contributed by atoms with Gasteiger partial charge in [0.2, 0.25) is 0 Å². The first kappa shape index (κ1) is 2.54. The molecule has 1 heterocycles. The van der Waals surface area contributed by atoms with Crippen LogP contribution in [0.5, 0.6) is 0 Å². The van der Waals surface area contributed by atoms with Crippen molar-refractivity contribution < 1.29 is 16.1 Å². The molecular weight excluding hydrogens is 86.0 g/mol. The lowest BCUT2D eigenvalue weighted by atomic mass is 10.7. The average molecular weight is 90.1 g/mol. The van der Waals surface area contributed by atoms with Crippen LogP contribution in [0.3, 0.4) is 0 Å². The maximum atomic E-state index is 9.94. The third-order valence-electron chi connectivity index (χ3n) is 0.377. The van der Waals surface area contributed by atoms with Crippen LogP contribution in [0.4, 0.5) is 0 Å². The molecule has 4 nitrogen and oxygen atoms in total. The zero-order valence-electron chi connectivity index (χ0n) is 3.88. The standard InChI is InChI=1S/C2H3NO3/c4-2-1-3-6-5-2/h3H,1H2/i/hD. The van der Waals surface area contributed by atoms with Gasteiger partial charge in [-0.25, -0.2) is 4.79 Å². The Bertz CT molecular complexity index is 94.9. The van der Waals surface area contributed by atoms with Crippen molar-refractivity contribution in [2.75, 3.05) is 6.54 Å². The Kier molecular flexibility index (Phi) is 0.524. The lowest BCUT2D eigenvalue weighted by Gasteiger charge is -1.77. The normalized spacial score (nSPS) is 26.7. The predicted molar refractivity (Wildman–Crippen MR) is 15.2 cm³/mol. The summed E-state index contributed by atoms with van der Waals surface area (Å²) < 4.78 is 6.53. The van der Waals surface area contributed by atoms with Crippen LogP contribution >= 0.6 is 0 Å². The molecule has 0 bridgehead atoms. The topological polar surface area (TPSA) is 47.6 Å². The van der Waals surface area contributed by atoms with E-state index in [0.717, 1.165) is 0 Å². The highest BCUT2D eigenvalue weighted by atomic mass is 17.3. The van der Waals surface area contributed by atoms with Crippen molar-refractivity contribution >= 4 is 5.97 Å². The molecule has 1 fully saturated rings. The SMILES string of the molecule is [2H]N1CC(=O)OO1. The molecule has 0 amide bonds. The molecule has 34 valence electrons. The lowest BCUT2D eigenvalue weighted by Crippen LogP contribution is -2.06. The lowest BCUT2D eigenvalue weighted by molar-refractivity contribution is -0.271. The smallest absolute Gasteiger partial charge is 0.278 e. The highest BCUT2D eigenvalue weighted by Crippen LogP contribution is 1.82. The summed E-state index contributed by atoms with van der Waals surface area (Å²) >= 11 is 0. The average Bonchev–Trinajstić information content (AvgIpc) is 1.87. The second kappa shape index (κ2) is 1.24.